The molecule has 0 bridgehead atoms. The summed E-state index contributed by atoms with van der Waals surface area (Å²) in [4.78, 5) is 22.3. The lowest BCUT2D eigenvalue weighted by Crippen LogP contribution is -2.49. The molecule has 1 amide bonds. The minimum atomic E-state index is -3.61. The third kappa shape index (κ3) is 6.37. The molecule has 1 aromatic heterocycles. The SMILES string of the molecule is CCc1cc(CS(=O)(=O)c2cccc3cccnc23)ccc1C(=O)N1CCN(CCCc2ccccc2)CC1. The van der Waals surface area contributed by atoms with Gasteiger partial charge in [-0.2, -0.15) is 0 Å². The van der Waals surface area contributed by atoms with E-state index in [0.29, 0.717) is 36.2 Å². The lowest BCUT2D eigenvalue weighted by molar-refractivity contribution is 0.0635. The van der Waals surface area contributed by atoms with Gasteiger partial charge in [0.1, 0.15) is 0 Å². The first-order valence-corrected chi connectivity index (χ1v) is 15.3. The van der Waals surface area contributed by atoms with Crippen molar-refractivity contribution in [2.45, 2.75) is 36.8 Å². The van der Waals surface area contributed by atoms with Gasteiger partial charge in [-0.15, -0.1) is 0 Å². The molecule has 1 aliphatic heterocycles. The van der Waals surface area contributed by atoms with Crippen LogP contribution in [0.15, 0.2) is 90.0 Å². The Bertz CT molecular complexity index is 1540. The summed E-state index contributed by atoms with van der Waals surface area (Å²) in [5, 5.41) is 0.796. The van der Waals surface area contributed by atoms with Gasteiger partial charge in [0, 0.05) is 43.3 Å². The zero-order valence-corrected chi connectivity index (χ0v) is 23.2. The number of carbonyl (C=O) groups excluding carboxylic acids is 1. The highest BCUT2D eigenvalue weighted by atomic mass is 32.2. The van der Waals surface area contributed by atoms with Crippen molar-refractivity contribution in [3.63, 3.8) is 0 Å². The number of aromatic nitrogens is 1. The summed E-state index contributed by atoms with van der Waals surface area (Å²) in [6, 6.07) is 24.9. The molecule has 0 unspecified atom stereocenters. The van der Waals surface area contributed by atoms with Gasteiger partial charge in [0.15, 0.2) is 9.84 Å². The van der Waals surface area contributed by atoms with Crippen molar-refractivity contribution >= 4 is 26.6 Å². The second-order valence-corrected chi connectivity index (χ2v) is 12.1. The van der Waals surface area contributed by atoms with Gasteiger partial charge >= 0.3 is 0 Å². The number of piperazine rings is 1. The number of rotatable bonds is 9. The van der Waals surface area contributed by atoms with Crippen molar-refractivity contribution in [3.8, 4) is 0 Å². The molecule has 6 nitrogen and oxygen atoms in total. The van der Waals surface area contributed by atoms with Gasteiger partial charge in [-0.3, -0.25) is 14.7 Å². The number of sulfone groups is 1. The van der Waals surface area contributed by atoms with E-state index in [1.807, 2.05) is 36.1 Å². The van der Waals surface area contributed by atoms with Crippen LogP contribution in [-0.2, 0) is 28.4 Å². The van der Waals surface area contributed by atoms with E-state index in [9.17, 15) is 13.2 Å². The van der Waals surface area contributed by atoms with Crippen LogP contribution in [0.1, 0.15) is 40.4 Å². The quantitative estimate of drug-likeness (QED) is 0.293. The molecule has 7 heteroatoms. The first-order valence-electron chi connectivity index (χ1n) is 13.7. The van der Waals surface area contributed by atoms with Crippen LogP contribution in [0.5, 0.6) is 0 Å². The molecule has 1 aliphatic rings. The maximum atomic E-state index is 13.4. The van der Waals surface area contributed by atoms with Crippen LogP contribution >= 0.6 is 0 Å². The maximum absolute atomic E-state index is 13.4. The predicted octanol–water partition coefficient (Wildman–Crippen LogP) is 5.16. The van der Waals surface area contributed by atoms with Crippen molar-refractivity contribution in [3.05, 3.63) is 107 Å². The van der Waals surface area contributed by atoms with Crippen molar-refractivity contribution < 1.29 is 13.2 Å². The van der Waals surface area contributed by atoms with Gasteiger partial charge in [0.05, 0.1) is 16.2 Å². The number of amides is 1. The third-order valence-corrected chi connectivity index (χ3v) is 9.22. The molecule has 1 fully saturated rings. The molecule has 0 spiro atoms. The normalized spacial score (nSPS) is 14.5. The average Bonchev–Trinajstić information content (AvgIpc) is 2.97. The van der Waals surface area contributed by atoms with E-state index in [0.717, 1.165) is 43.4 Å². The van der Waals surface area contributed by atoms with E-state index in [1.54, 1.807) is 36.5 Å². The minimum Gasteiger partial charge on any atom is -0.336 e. The number of pyridine rings is 1. The van der Waals surface area contributed by atoms with E-state index in [4.69, 9.17) is 0 Å². The average molecular weight is 542 g/mol. The molecule has 0 aliphatic carbocycles. The van der Waals surface area contributed by atoms with E-state index in [1.165, 1.54) is 5.56 Å². The Kier molecular flexibility index (Phi) is 8.38. The van der Waals surface area contributed by atoms with Crippen LogP contribution in [0.2, 0.25) is 0 Å². The second-order valence-electron chi connectivity index (χ2n) is 10.2. The van der Waals surface area contributed by atoms with Crippen LogP contribution in [0.3, 0.4) is 0 Å². The Morgan fingerprint density at radius 2 is 1.64 bits per heavy atom. The summed E-state index contributed by atoms with van der Waals surface area (Å²) in [6.45, 7) is 6.19. The summed E-state index contributed by atoms with van der Waals surface area (Å²) in [6.07, 6.45) is 4.45. The standard InChI is InChI=1S/C32H35N3O3S/c1-2-27-23-26(24-39(37,38)30-14-6-12-28-13-7-17-33-31(28)30)15-16-29(27)32(36)35-21-19-34(20-22-35)18-8-11-25-9-4-3-5-10-25/h3-7,9-10,12-17,23H,2,8,11,18-22,24H2,1H3. The number of para-hydroxylation sites is 1. The first-order chi connectivity index (χ1) is 18.9. The highest BCUT2D eigenvalue weighted by Crippen LogP contribution is 2.25. The van der Waals surface area contributed by atoms with Gasteiger partial charge < -0.3 is 4.90 Å². The fourth-order valence-electron chi connectivity index (χ4n) is 5.36. The van der Waals surface area contributed by atoms with E-state index in [-0.39, 0.29) is 16.6 Å². The van der Waals surface area contributed by atoms with Crippen LogP contribution in [0, 0.1) is 0 Å². The van der Waals surface area contributed by atoms with Crippen molar-refractivity contribution in [2.75, 3.05) is 32.7 Å². The van der Waals surface area contributed by atoms with Crippen LogP contribution in [0.25, 0.3) is 10.9 Å². The van der Waals surface area contributed by atoms with E-state index >= 15 is 0 Å². The van der Waals surface area contributed by atoms with Gasteiger partial charge in [-0.05, 0) is 60.7 Å². The minimum absolute atomic E-state index is 0.0310. The Morgan fingerprint density at radius 1 is 0.872 bits per heavy atom. The molecule has 0 atom stereocenters. The van der Waals surface area contributed by atoms with Gasteiger partial charge in [-0.25, -0.2) is 8.42 Å². The molecular formula is C32H35N3O3S. The fraction of sp³-hybridized carbons (Fsp3) is 0.312. The van der Waals surface area contributed by atoms with Crippen LogP contribution in [0.4, 0.5) is 0 Å². The van der Waals surface area contributed by atoms with Crippen molar-refractivity contribution in [1.82, 2.24) is 14.8 Å². The Hall–Kier alpha value is -3.55. The summed E-state index contributed by atoms with van der Waals surface area (Å²) >= 11 is 0. The Labute approximate surface area is 231 Å². The molecule has 2 heterocycles. The molecular weight excluding hydrogens is 506 g/mol. The topological polar surface area (TPSA) is 70.6 Å². The fourth-order valence-corrected chi connectivity index (χ4v) is 6.88. The number of aryl methyl sites for hydroxylation is 2. The molecule has 4 aromatic rings. The highest BCUT2D eigenvalue weighted by molar-refractivity contribution is 7.90. The Balaban J connectivity index is 1.22. The molecule has 202 valence electrons. The molecule has 3 aromatic carbocycles. The number of nitrogens with zero attached hydrogens (tertiary/aromatic N) is 3. The van der Waals surface area contributed by atoms with Gasteiger partial charge in [-0.1, -0.05) is 67.6 Å². The van der Waals surface area contributed by atoms with E-state index in [2.05, 4.69) is 34.1 Å². The summed E-state index contributed by atoms with van der Waals surface area (Å²) in [7, 11) is -3.61. The van der Waals surface area contributed by atoms with Crippen molar-refractivity contribution in [1.29, 1.82) is 0 Å². The first kappa shape index (κ1) is 27.0. The zero-order valence-electron chi connectivity index (χ0n) is 22.4. The molecule has 39 heavy (non-hydrogen) atoms. The van der Waals surface area contributed by atoms with Gasteiger partial charge in [0.25, 0.3) is 5.91 Å². The number of fused-ring (bicyclic) bond motifs is 1. The number of benzene rings is 3. The van der Waals surface area contributed by atoms with Gasteiger partial charge in [0.2, 0.25) is 0 Å². The molecule has 0 N–H and O–H groups in total. The van der Waals surface area contributed by atoms with E-state index < -0.39 is 9.84 Å². The lowest BCUT2D eigenvalue weighted by atomic mass is 10.0. The monoisotopic (exact) mass is 541 g/mol. The molecule has 1 saturated heterocycles. The maximum Gasteiger partial charge on any atom is 0.254 e. The number of hydrogen-bond donors (Lipinski definition) is 0. The Morgan fingerprint density at radius 3 is 2.41 bits per heavy atom. The zero-order chi connectivity index (χ0) is 27.2. The molecule has 0 radical (unpaired) electrons. The summed E-state index contributed by atoms with van der Waals surface area (Å²) in [5.41, 5.74) is 4.08. The van der Waals surface area contributed by atoms with Crippen LogP contribution in [-0.4, -0.2) is 61.8 Å². The second kappa shape index (κ2) is 12.1. The smallest absolute Gasteiger partial charge is 0.254 e. The number of hydrogen-bond acceptors (Lipinski definition) is 5. The lowest BCUT2D eigenvalue weighted by Gasteiger charge is -2.35. The third-order valence-electron chi connectivity index (χ3n) is 7.51. The summed E-state index contributed by atoms with van der Waals surface area (Å²) < 4.78 is 26.7. The molecule has 0 saturated carbocycles. The largest absolute Gasteiger partial charge is 0.336 e. The molecule has 5 rings (SSSR count). The van der Waals surface area contributed by atoms with Crippen LogP contribution < -0.4 is 0 Å². The van der Waals surface area contributed by atoms with Crippen molar-refractivity contribution in [2.24, 2.45) is 0 Å². The summed E-state index contributed by atoms with van der Waals surface area (Å²) in [5.74, 6) is -0.102. The number of carbonyl (C=O) groups is 1. The predicted molar refractivity (Wildman–Crippen MR) is 156 cm³/mol. The highest BCUT2D eigenvalue weighted by Gasteiger charge is 2.25.